The number of aromatic nitrogens is 8. The van der Waals surface area contributed by atoms with Crippen LogP contribution in [0.1, 0.15) is 16.3 Å². The van der Waals surface area contributed by atoms with Crippen molar-refractivity contribution >= 4 is 57.0 Å². The van der Waals surface area contributed by atoms with Crippen molar-refractivity contribution in [2.45, 2.75) is 26.9 Å². The summed E-state index contributed by atoms with van der Waals surface area (Å²) in [4.78, 5) is 27.7. The number of hydrogen-bond donors (Lipinski definition) is 2. The van der Waals surface area contributed by atoms with Crippen molar-refractivity contribution in [2.24, 2.45) is 7.05 Å². The third kappa shape index (κ3) is 4.35. The Morgan fingerprint density at radius 1 is 1.19 bits per heavy atom. The van der Waals surface area contributed by atoms with Crippen LogP contribution in [0.25, 0.3) is 10.9 Å². The summed E-state index contributed by atoms with van der Waals surface area (Å²) in [5.41, 5.74) is 1.33. The van der Waals surface area contributed by atoms with Gasteiger partial charge in [0.05, 0.1) is 11.7 Å². The third-order valence-electron chi connectivity index (χ3n) is 4.34. The van der Waals surface area contributed by atoms with Crippen LogP contribution in [0.15, 0.2) is 62.8 Å². The number of nitrogens with zero attached hydrogens (tertiary/aromatic N) is 7. The molecule has 0 atom stereocenters. The largest absolute Gasteiger partial charge is 0.295 e. The van der Waals surface area contributed by atoms with Crippen LogP contribution < -0.4 is 5.32 Å². The Morgan fingerprint density at radius 2 is 2.09 bits per heavy atom. The molecule has 5 rings (SSSR count). The van der Waals surface area contributed by atoms with E-state index < -0.39 is 0 Å². The predicted molar refractivity (Wildman–Crippen MR) is 122 cm³/mol. The van der Waals surface area contributed by atoms with Gasteiger partial charge >= 0.3 is 0 Å². The highest BCUT2D eigenvalue weighted by atomic mass is 32.2. The SMILES string of the molecule is Cc1nsc(NC(=O)c2nc(Sc3ncn[nH]3)ccc2Sc2ccc3c(cnn3C)c2)n1. The number of anilines is 1. The Labute approximate surface area is 194 Å². The Morgan fingerprint density at radius 3 is 2.88 bits per heavy atom. The molecular weight excluding hydrogens is 466 g/mol. The molecule has 1 aromatic carbocycles. The third-order valence-corrected chi connectivity index (χ3v) is 6.92. The molecule has 0 spiro atoms. The van der Waals surface area contributed by atoms with Gasteiger partial charge < -0.3 is 0 Å². The summed E-state index contributed by atoms with van der Waals surface area (Å²) in [5.74, 6) is 0.249. The summed E-state index contributed by atoms with van der Waals surface area (Å²) in [5, 5.41) is 16.4. The number of fused-ring (bicyclic) bond motifs is 1. The topological polar surface area (TPSA) is 127 Å². The van der Waals surface area contributed by atoms with E-state index >= 15 is 0 Å². The summed E-state index contributed by atoms with van der Waals surface area (Å²) < 4.78 is 5.93. The van der Waals surface area contributed by atoms with E-state index in [9.17, 15) is 4.79 Å². The molecule has 0 aliphatic rings. The molecule has 4 aromatic heterocycles. The molecule has 160 valence electrons. The zero-order chi connectivity index (χ0) is 22.1. The van der Waals surface area contributed by atoms with Gasteiger partial charge in [-0.3, -0.25) is 19.9 Å². The Kier molecular flexibility index (Phi) is 5.59. The molecule has 13 heteroatoms. The number of H-pyrrole nitrogens is 1. The fourth-order valence-electron chi connectivity index (χ4n) is 2.91. The predicted octanol–water partition coefficient (Wildman–Crippen LogP) is 3.80. The molecule has 0 saturated carbocycles. The molecule has 0 aliphatic carbocycles. The molecule has 2 N–H and O–H groups in total. The van der Waals surface area contributed by atoms with Crippen molar-refractivity contribution in [1.29, 1.82) is 0 Å². The van der Waals surface area contributed by atoms with Gasteiger partial charge in [-0.05, 0) is 49.0 Å². The zero-order valence-electron chi connectivity index (χ0n) is 16.8. The Bertz CT molecular complexity index is 1410. The first kappa shape index (κ1) is 20.6. The molecule has 1 amide bonds. The van der Waals surface area contributed by atoms with Crippen molar-refractivity contribution in [3.05, 3.63) is 54.4 Å². The van der Waals surface area contributed by atoms with Crippen LogP contribution in [0, 0.1) is 6.92 Å². The lowest BCUT2D eigenvalue weighted by Gasteiger charge is -2.10. The number of pyridine rings is 1. The second-order valence-corrected chi connectivity index (χ2v) is 9.46. The van der Waals surface area contributed by atoms with Gasteiger partial charge in [0.1, 0.15) is 22.9 Å². The van der Waals surface area contributed by atoms with Crippen LogP contribution in [0.3, 0.4) is 0 Å². The van der Waals surface area contributed by atoms with Crippen molar-refractivity contribution in [2.75, 3.05) is 5.32 Å². The summed E-state index contributed by atoms with van der Waals surface area (Å²) in [7, 11) is 1.90. The molecule has 32 heavy (non-hydrogen) atoms. The van der Waals surface area contributed by atoms with Crippen LogP contribution in [-0.4, -0.2) is 45.2 Å². The van der Waals surface area contributed by atoms with Crippen molar-refractivity contribution in [1.82, 2.24) is 39.3 Å². The summed E-state index contributed by atoms with van der Waals surface area (Å²) in [6.07, 6.45) is 3.24. The van der Waals surface area contributed by atoms with E-state index in [-0.39, 0.29) is 5.91 Å². The molecular formula is C19H15N9OS3. The number of aryl methyl sites for hydroxylation is 2. The van der Waals surface area contributed by atoms with Crippen LogP contribution in [0.4, 0.5) is 5.13 Å². The van der Waals surface area contributed by atoms with Crippen LogP contribution in [0.5, 0.6) is 0 Å². The zero-order valence-corrected chi connectivity index (χ0v) is 19.3. The molecule has 10 nitrogen and oxygen atoms in total. The number of aromatic amines is 1. The maximum absolute atomic E-state index is 13.1. The maximum Gasteiger partial charge on any atom is 0.277 e. The van der Waals surface area contributed by atoms with Crippen LogP contribution in [0.2, 0.25) is 0 Å². The smallest absolute Gasteiger partial charge is 0.277 e. The first-order valence-electron chi connectivity index (χ1n) is 9.31. The van der Waals surface area contributed by atoms with Gasteiger partial charge in [0.2, 0.25) is 5.13 Å². The standard InChI is InChI=1S/C19H15N9OS3/c1-10-23-19(32-27-10)25-17(29)16-14(5-6-15(24-16)31-18-20-9-21-26-18)30-12-3-4-13-11(7-12)8-22-28(13)2/h3-9H,1-2H3,(H,20,21,26)(H,23,25,27,29). The highest BCUT2D eigenvalue weighted by molar-refractivity contribution is 7.99. The maximum atomic E-state index is 13.1. The van der Waals surface area contributed by atoms with E-state index in [2.05, 4.69) is 39.9 Å². The number of hydrogen-bond acceptors (Lipinski definition) is 10. The van der Waals surface area contributed by atoms with Gasteiger partial charge in [0, 0.05) is 33.8 Å². The number of carbonyl (C=O) groups excluding carboxylic acids is 1. The first-order valence-corrected chi connectivity index (χ1v) is 11.7. The van der Waals surface area contributed by atoms with E-state index in [1.165, 1.54) is 29.9 Å². The highest BCUT2D eigenvalue weighted by Gasteiger charge is 2.18. The monoisotopic (exact) mass is 481 g/mol. The molecule has 0 fully saturated rings. The van der Waals surface area contributed by atoms with Gasteiger partial charge in [-0.25, -0.2) is 15.0 Å². The average molecular weight is 482 g/mol. The quantitative estimate of drug-likeness (QED) is 0.372. The molecule has 0 bridgehead atoms. The fraction of sp³-hybridized carbons (Fsp3) is 0.105. The lowest BCUT2D eigenvalue weighted by atomic mass is 10.2. The highest BCUT2D eigenvalue weighted by Crippen LogP contribution is 2.34. The minimum atomic E-state index is -0.355. The number of carbonyl (C=O) groups is 1. The number of rotatable bonds is 6. The lowest BCUT2D eigenvalue weighted by Crippen LogP contribution is -2.15. The van der Waals surface area contributed by atoms with Crippen LogP contribution in [-0.2, 0) is 7.05 Å². The van der Waals surface area contributed by atoms with E-state index in [4.69, 9.17) is 0 Å². The fourth-order valence-corrected chi connectivity index (χ4v) is 5.10. The normalized spacial score (nSPS) is 11.2. The van der Waals surface area contributed by atoms with E-state index in [0.29, 0.717) is 31.7 Å². The number of nitrogens with one attached hydrogen (secondary N) is 2. The number of benzene rings is 1. The molecule has 0 unspecified atom stereocenters. The minimum Gasteiger partial charge on any atom is -0.295 e. The molecule has 0 aliphatic heterocycles. The molecule has 0 saturated heterocycles. The Balaban J connectivity index is 1.48. The average Bonchev–Trinajstić information content (AvgIpc) is 3.52. The van der Waals surface area contributed by atoms with Crippen molar-refractivity contribution < 1.29 is 4.79 Å². The van der Waals surface area contributed by atoms with E-state index in [1.807, 2.05) is 48.3 Å². The Hall–Kier alpha value is -3.29. The minimum absolute atomic E-state index is 0.290. The van der Waals surface area contributed by atoms with Crippen LogP contribution >= 0.6 is 35.1 Å². The number of amides is 1. The molecule has 5 aromatic rings. The summed E-state index contributed by atoms with van der Waals surface area (Å²) >= 11 is 3.88. The van der Waals surface area contributed by atoms with E-state index in [0.717, 1.165) is 27.3 Å². The molecule has 4 heterocycles. The summed E-state index contributed by atoms with van der Waals surface area (Å²) in [6.45, 7) is 1.77. The van der Waals surface area contributed by atoms with Gasteiger partial charge in [-0.15, -0.1) is 0 Å². The first-order chi connectivity index (χ1) is 15.5. The van der Waals surface area contributed by atoms with Crippen molar-refractivity contribution in [3.8, 4) is 0 Å². The van der Waals surface area contributed by atoms with E-state index in [1.54, 1.807) is 6.92 Å². The second kappa shape index (κ2) is 8.68. The second-order valence-electron chi connectivity index (χ2n) is 6.58. The van der Waals surface area contributed by atoms with Gasteiger partial charge in [-0.2, -0.15) is 14.6 Å². The lowest BCUT2D eigenvalue weighted by molar-refractivity contribution is 0.101. The molecule has 0 radical (unpaired) electrons. The van der Waals surface area contributed by atoms with Crippen molar-refractivity contribution in [3.63, 3.8) is 0 Å². The van der Waals surface area contributed by atoms with Gasteiger partial charge in [-0.1, -0.05) is 11.8 Å². The van der Waals surface area contributed by atoms with Gasteiger partial charge in [0.25, 0.3) is 5.91 Å². The van der Waals surface area contributed by atoms with Gasteiger partial charge in [0.15, 0.2) is 5.16 Å². The summed E-state index contributed by atoms with van der Waals surface area (Å²) in [6, 6.07) is 9.78.